The van der Waals surface area contributed by atoms with Crippen molar-refractivity contribution in [3.63, 3.8) is 0 Å². The molecule has 6 heteroatoms. The number of hydrogen-bond donors (Lipinski definition) is 1. The Balaban J connectivity index is 1.88. The molecule has 0 radical (unpaired) electrons. The summed E-state index contributed by atoms with van der Waals surface area (Å²) in [5.41, 5.74) is 1.94. The zero-order chi connectivity index (χ0) is 17.3. The van der Waals surface area contributed by atoms with E-state index >= 15 is 0 Å². The van der Waals surface area contributed by atoms with Crippen LogP contribution in [0.3, 0.4) is 0 Å². The summed E-state index contributed by atoms with van der Waals surface area (Å²) in [5.74, 6) is -0.343. The van der Waals surface area contributed by atoms with Gasteiger partial charge in [0.15, 0.2) is 0 Å². The van der Waals surface area contributed by atoms with E-state index in [4.69, 9.17) is 4.84 Å². The van der Waals surface area contributed by atoms with Crippen molar-refractivity contribution in [2.24, 2.45) is 0 Å². The summed E-state index contributed by atoms with van der Waals surface area (Å²) < 4.78 is 15.5. The molecule has 0 amide bonds. The number of nitrogens with zero attached hydrogens (tertiary/aromatic N) is 1. The first-order valence-electron chi connectivity index (χ1n) is 7.75. The van der Waals surface area contributed by atoms with E-state index in [1.807, 2.05) is 19.1 Å². The van der Waals surface area contributed by atoms with Gasteiger partial charge in [0.2, 0.25) is 0 Å². The SMILES string of the molecule is Cc1cc(I)ccc1N(OCCC1(O)CC1)c1ccc(Br)c(F)c1. The Morgan fingerprint density at radius 1 is 1.29 bits per heavy atom. The third-order valence-electron chi connectivity index (χ3n) is 4.13. The fourth-order valence-electron chi connectivity index (χ4n) is 2.46. The van der Waals surface area contributed by atoms with Crippen LogP contribution in [0.15, 0.2) is 40.9 Å². The molecule has 1 aliphatic carbocycles. The van der Waals surface area contributed by atoms with Crippen molar-refractivity contribution in [1.29, 1.82) is 0 Å². The Morgan fingerprint density at radius 2 is 2.04 bits per heavy atom. The van der Waals surface area contributed by atoms with Crippen LogP contribution in [0, 0.1) is 16.3 Å². The van der Waals surface area contributed by atoms with Crippen molar-refractivity contribution in [2.45, 2.75) is 31.8 Å². The van der Waals surface area contributed by atoms with E-state index < -0.39 is 5.60 Å². The highest BCUT2D eigenvalue weighted by Crippen LogP contribution is 2.39. The lowest BCUT2D eigenvalue weighted by molar-refractivity contribution is 0.0693. The second kappa shape index (κ2) is 7.27. The molecule has 3 nitrogen and oxygen atoms in total. The molecule has 3 rings (SSSR count). The lowest BCUT2D eigenvalue weighted by Crippen LogP contribution is -2.22. The van der Waals surface area contributed by atoms with Crippen LogP contribution in [0.1, 0.15) is 24.8 Å². The van der Waals surface area contributed by atoms with Crippen molar-refractivity contribution < 1.29 is 14.3 Å². The first-order valence-corrected chi connectivity index (χ1v) is 9.62. The fourth-order valence-corrected chi connectivity index (χ4v) is 3.36. The van der Waals surface area contributed by atoms with Crippen molar-refractivity contribution in [2.75, 3.05) is 11.7 Å². The number of anilines is 2. The molecule has 0 bridgehead atoms. The summed E-state index contributed by atoms with van der Waals surface area (Å²) in [7, 11) is 0. The minimum absolute atomic E-state index is 0.343. The van der Waals surface area contributed by atoms with E-state index in [1.54, 1.807) is 17.2 Å². The molecule has 0 spiro atoms. The maximum absolute atomic E-state index is 14.0. The van der Waals surface area contributed by atoms with Gasteiger partial charge >= 0.3 is 0 Å². The quantitative estimate of drug-likeness (QED) is 0.416. The van der Waals surface area contributed by atoms with Gasteiger partial charge in [-0.2, -0.15) is 0 Å². The van der Waals surface area contributed by atoms with E-state index in [1.165, 1.54) is 6.07 Å². The van der Waals surface area contributed by atoms with Gasteiger partial charge in [0.05, 0.1) is 28.1 Å². The molecule has 1 aliphatic rings. The van der Waals surface area contributed by atoms with Crippen molar-refractivity contribution >= 4 is 49.9 Å². The lowest BCUT2D eigenvalue weighted by Gasteiger charge is -2.26. The van der Waals surface area contributed by atoms with E-state index in [0.717, 1.165) is 27.7 Å². The van der Waals surface area contributed by atoms with Gasteiger partial charge in [-0.05, 0) is 94.2 Å². The topological polar surface area (TPSA) is 32.7 Å². The van der Waals surface area contributed by atoms with Gasteiger partial charge in [0.1, 0.15) is 5.82 Å². The fraction of sp³-hybridized carbons (Fsp3) is 0.333. The highest BCUT2D eigenvalue weighted by atomic mass is 127. The summed E-state index contributed by atoms with van der Waals surface area (Å²) >= 11 is 5.44. The van der Waals surface area contributed by atoms with E-state index in [2.05, 4.69) is 44.6 Å². The van der Waals surface area contributed by atoms with E-state index in [0.29, 0.717) is 23.2 Å². The van der Waals surface area contributed by atoms with E-state index in [-0.39, 0.29) is 5.82 Å². The minimum atomic E-state index is -0.572. The molecule has 0 atom stereocenters. The molecule has 2 aromatic carbocycles. The number of halogens is 3. The molecule has 2 aromatic rings. The Morgan fingerprint density at radius 3 is 2.67 bits per heavy atom. The van der Waals surface area contributed by atoms with Crippen molar-refractivity contribution in [1.82, 2.24) is 0 Å². The van der Waals surface area contributed by atoms with Crippen LogP contribution in [0.4, 0.5) is 15.8 Å². The summed E-state index contributed by atoms with van der Waals surface area (Å²) in [6.45, 7) is 2.37. The molecule has 0 heterocycles. The summed E-state index contributed by atoms with van der Waals surface area (Å²) in [5, 5.41) is 11.6. The van der Waals surface area contributed by atoms with Gasteiger partial charge in [-0.3, -0.25) is 4.84 Å². The van der Waals surface area contributed by atoms with Crippen molar-refractivity contribution in [3.05, 3.63) is 55.8 Å². The zero-order valence-corrected chi connectivity index (χ0v) is 17.0. The molecule has 1 fully saturated rings. The maximum Gasteiger partial charge on any atom is 0.139 e. The number of benzene rings is 2. The van der Waals surface area contributed by atoms with Crippen molar-refractivity contribution in [3.8, 4) is 0 Å². The number of aryl methyl sites for hydroxylation is 1. The first-order chi connectivity index (χ1) is 11.4. The minimum Gasteiger partial charge on any atom is -0.390 e. The largest absolute Gasteiger partial charge is 0.390 e. The van der Waals surface area contributed by atoms with Gasteiger partial charge < -0.3 is 5.11 Å². The predicted octanol–water partition coefficient (Wildman–Crippen LogP) is 5.49. The molecule has 0 aromatic heterocycles. The average Bonchev–Trinajstić information content (AvgIpc) is 3.25. The monoisotopic (exact) mass is 505 g/mol. The third-order valence-corrected chi connectivity index (χ3v) is 5.44. The molecule has 1 N–H and O–H groups in total. The first kappa shape index (κ1) is 18.1. The van der Waals surface area contributed by atoms with E-state index in [9.17, 15) is 9.50 Å². The van der Waals surface area contributed by atoms with Crippen LogP contribution in [0.5, 0.6) is 0 Å². The Labute approximate surface area is 163 Å². The second-order valence-corrected chi connectivity index (χ2v) is 8.23. The molecular weight excluding hydrogens is 488 g/mol. The molecule has 128 valence electrons. The highest BCUT2D eigenvalue weighted by Gasteiger charge is 2.39. The Hall–Kier alpha value is -0.700. The van der Waals surface area contributed by atoms with Crippen LogP contribution >= 0.6 is 38.5 Å². The van der Waals surface area contributed by atoms with Crippen LogP contribution in [-0.2, 0) is 4.84 Å². The standard InChI is InChI=1S/C18H18BrFINO2/c1-12-10-13(21)2-5-17(12)22(24-9-8-18(23)6-7-18)14-3-4-15(19)16(20)11-14/h2-5,10-11,23H,6-9H2,1H3. The van der Waals surface area contributed by atoms with Crippen LogP contribution in [-0.4, -0.2) is 17.3 Å². The number of hydrogen-bond acceptors (Lipinski definition) is 3. The smallest absolute Gasteiger partial charge is 0.139 e. The summed E-state index contributed by atoms with van der Waals surface area (Å²) in [4.78, 5) is 5.93. The molecular formula is C18H18BrFINO2. The molecule has 0 aliphatic heterocycles. The number of rotatable bonds is 6. The second-order valence-electron chi connectivity index (χ2n) is 6.13. The lowest BCUT2D eigenvalue weighted by atomic mass is 10.2. The zero-order valence-electron chi connectivity index (χ0n) is 13.2. The van der Waals surface area contributed by atoms with Gasteiger partial charge in [0, 0.05) is 16.1 Å². The average molecular weight is 506 g/mol. The Bertz CT molecular complexity index is 752. The molecule has 0 saturated heterocycles. The molecule has 24 heavy (non-hydrogen) atoms. The van der Waals surface area contributed by atoms with Gasteiger partial charge in [0.25, 0.3) is 0 Å². The van der Waals surface area contributed by atoms with Gasteiger partial charge in [-0.25, -0.2) is 9.45 Å². The summed E-state index contributed by atoms with van der Waals surface area (Å²) in [6, 6.07) is 10.9. The Kier molecular flexibility index (Phi) is 5.48. The molecule has 0 unspecified atom stereocenters. The normalized spacial score (nSPS) is 15.4. The van der Waals surface area contributed by atoms with Crippen LogP contribution in [0.25, 0.3) is 0 Å². The van der Waals surface area contributed by atoms with Crippen LogP contribution < -0.4 is 5.06 Å². The molecule has 1 saturated carbocycles. The maximum atomic E-state index is 14.0. The van der Waals surface area contributed by atoms with Gasteiger partial charge in [-0.15, -0.1) is 0 Å². The van der Waals surface area contributed by atoms with Gasteiger partial charge in [-0.1, -0.05) is 0 Å². The van der Waals surface area contributed by atoms with Crippen LogP contribution in [0.2, 0.25) is 0 Å². The predicted molar refractivity (Wildman–Crippen MR) is 105 cm³/mol. The number of aliphatic hydroxyl groups is 1. The summed E-state index contributed by atoms with van der Waals surface area (Å²) in [6.07, 6.45) is 2.23. The third kappa shape index (κ3) is 4.28. The highest BCUT2D eigenvalue weighted by molar-refractivity contribution is 14.1.